The van der Waals surface area contributed by atoms with Crippen LogP contribution in [-0.2, 0) is 0 Å². The van der Waals surface area contributed by atoms with Gasteiger partial charge in [0, 0.05) is 0 Å². The van der Waals surface area contributed by atoms with E-state index in [9.17, 15) is 0 Å². The second-order valence-corrected chi connectivity index (χ2v) is 3.16. The molecule has 0 saturated carbocycles. The van der Waals surface area contributed by atoms with Crippen molar-refractivity contribution in [2.24, 2.45) is 10.3 Å². The lowest BCUT2D eigenvalue weighted by molar-refractivity contribution is 0.113. The Morgan fingerprint density at radius 3 is 2.55 bits per heavy atom. The van der Waals surface area contributed by atoms with Gasteiger partial charge in [-0.05, 0) is 20.8 Å². The van der Waals surface area contributed by atoms with Crippen molar-refractivity contribution in [3.63, 3.8) is 0 Å². The van der Waals surface area contributed by atoms with Gasteiger partial charge in [0.25, 0.3) is 0 Å². The molecule has 0 saturated heterocycles. The van der Waals surface area contributed by atoms with Crippen molar-refractivity contribution >= 4 is 0 Å². The van der Waals surface area contributed by atoms with E-state index in [2.05, 4.69) is 17.3 Å². The van der Waals surface area contributed by atoms with Gasteiger partial charge >= 0.3 is 0 Å². The molecule has 3 unspecified atom stereocenters. The first-order valence-electron chi connectivity index (χ1n) is 3.96. The average molecular weight is 157 g/mol. The molecule has 4 heteroatoms. The number of aliphatic hydroxyl groups is 1. The highest BCUT2D eigenvalue weighted by Crippen LogP contribution is 2.16. The van der Waals surface area contributed by atoms with E-state index in [0.29, 0.717) is 12.6 Å². The van der Waals surface area contributed by atoms with E-state index in [4.69, 9.17) is 5.11 Å². The fourth-order valence-corrected chi connectivity index (χ4v) is 1.05. The van der Waals surface area contributed by atoms with E-state index in [1.807, 2.05) is 11.9 Å². The molecule has 1 aliphatic heterocycles. The Morgan fingerprint density at radius 2 is 2.18 bits per heavy atom. The number of rotatable bonds is 2. The van der Waals surface area contributed by atoms with Crippen molar-refractivity contribution in [2.45, 2.75) is 39.0 Å². The second-order valence-electron chi connectivity index (χ2n) is 3.16. The first-order chi connectivity index (χ1) is 5.11. The summed E-state index contributed by atoms with van der Waals surface area (Å²) in [5.41, 5.74) is 0. The van der Waals surface area contributed by atoms with Crippen LogP contribution in [0, 0.1) is 0 Å². The van der Waals surface area contributed by atoms with Crippen molar-refractivity contribution in [1.29, 1.82) is 0 Å². The molecular weight excluding hydrogens is 142 g/mol. The number of aliphatic hydroxyl groups excluding tert-OH is 1. The minimum Gasteiger partial charge on any atom is -0.392 e. The molecule has 0 aromatic carbocycles. The Morgan fingerprint density at radius 1 is 1.55 bits per heavy atom. The summed E-state index contributed by atoms with van der Waals surface area (Å²) in [6.07, 6.45) is -0.332. The van der Waals surface area contributed by atoms with Crippen LogP contribution in [0.25, 0.3) is 0 Å². The normalized spacial score (nSPS) is 32.9. The minimum absolute atomic E-state index is 0.258. The Bertz CT molecular complexity index is 158. The van der Waals surface area contributed by atoms with Gasteiger partial charge < -0.3 is 5.11 Å². The fraction of sp³-hybridized carbons (Fsp3) is 1.00. The Kier molecular flexibility index (Phi) is 2.44. The van der Waals surface area contributed by atoms with Crippen LogP contribution in [0.3, 0.4) is 0 Å². The van der Waals surface area contributed by atoms with Crippen LogP contribution in [0.15, 0.2) is 10.3 Å². The van der Waals surface area contributed by atoms with Crippen molar-refractivity contribution in [3.05, 3.63) is 0 Å². The van der Waals surface area contributed by atoms with Gasteiger partial charge in [-0.1, -0.05) is 5.22 Å². The molecule has 4 nitrogen and oxygen atoms in total. The van der Waals surface area contributed by atoms with Gasteiger partial charge in [-0.25, -0.2) is 0 Å². The SMILES string of the molecule is CC(O)CN1N=NC(C)C1C. The second kappa shape index (κ2) is 3.17. The molecule has 1 N–H and O–H groups in total. The highest BCUT2D eigenvalue weighted by molar-refractivity contribution is 4.79. The van der Waals surface area contributed by atoms with E-state index in [-0.39, 0.29) is 12.1 Å². The molecule has 0 aromatic heterocycles. The van der Waals surface area contributed by atoms with Crippen molar-refractivity contribution in [1.82, 2.24) is 5.01 Å². The Hall–Kier alpha value is -0.640. The van der Waals surface area contributed by atoms with Crippen LogP contribution in [-0.4, -0.2) is 34.8 Å². The Balaban J connectivity index is 2.43. The number of β-amino-alcohol motifs (C(OH)–C–C–N with tert-alkyl or cyclic N) is 1. The summed E-state index contributed by atoms with van der Waals surface area (Å²) in [5.74, 6) is 0. The van der Waals surface area contributed by atoms with Gasteiger partial charge in [0.2, 0.25) is 0 Å². The maximum absolute atomic E-state index is 9.07. The molecule has 64 valence electrons. The third kappa shape index (κ3) is 1.89. The third-order valence-electron chi connectivity index (χ3n) is 1.97. The fourth-order valence-electron chi connectivity index (χ4n) is 1.05. The first kappa shape index (κ1) is 8.46. The molecule has 0 aromatic rings. The molecule has 1 aliphatic rings. The lowest BCUT2D eigenvalue weighted by Crippen LogP contribution is -2.35. The molecule has 0 bridgehead atoms. The molecule has 0 fully saturated rings. The summed E-state index contributed by atoms with van der Waals surface area (Å²) in [6, 6.07) is 0.582. The maximum Gasteiger partial charge on any atom is 0.0918 e. The molecule has 1 heterocycles. The number of hydrogen-bond acceptors (Lipinski definition) is 4. The summed E-state index contributed by atoms with van der Waals surface area (Å²) in [5, 5.41) is 18.8. The maximum atomic E-state index is 9.07. The Labute approximate surface area is 66.9 Å². The van der Waals surface area contributed by atoms with E-state index in [1.54, 1.807) is 6.92 Å². The van der Waals surface area contributed by atoms with E-state index in [0.717, 1.165) is 0 Å². The highest BCUT2D eigenvalue weighted by atomic mass is 16.3. The van der Waals surface area contributed by atoms with Gasteiger partial charge in [-0.15, -0.1) is 0 Å². The lowest BCUT2D eigenvalue weighted by Gasteiger charge is -2.21. The summed E-state index contributed by atoms with van der Waals surface area (Å²) in [4.78, 5) is 0. The zero-order valence-electron chi connectivity index (χ0n) is 7.23. The monoisotopic (exact) mass is 157 g/mol. The predicted octanol–water partition coefficient (Wildman–Crippen LogP) is 0.827. The largest absolute Gasteiger partial charge is 0.392 e. The average Bonchev–Trinajstić information content (AvgIpc) is 2.18. The predicted molar refractivity (Wildman–Crippen MR) is 42.2 cm³/mol. The van der Waals surface area contributed by atoms with Crippen LogP contribution < -0.4 is 0 Å². The lowest BCUT2D eigenvalue weighted by atomic mass is 10.2. The van der Waals surface area contributed by atoms with Gasteiger partial charge in [0.1, 0.15) is 0 Å². The van der Waals surface area contributed by atoms with Crippen molar-refractivity contribution < 1.29 is 5.11 Å². The molecule has 1 rings (SSSR count). The standard InChI is InChI=1S/C7H15N3O/c1-5(11)4-10-7(3)6(2)8-9-10/h5-7,11H,4H2,1-3H3. The van der Waals surface area contributed by atoms with Crippen LogP contribution >= 0.6 is 0 Å². The van der Waals surface area contributed by atoms with Crippen molar-refractivity contribution in [2.75, 3.05) is 6.54 Å². The van der Waals surface area contributed by atoms with E-state index in [1.165, 1.54) is 0 Å². The number of nitrogens with zero attached hydrogens (tertiary/aromatic N) is 3. The van der Waals surface area contributed by atoms with Gasteiger partial charge in [0.15, 0.2) is 0 Å². The molecule has 3 atom stereocenters. The topological polar surface area (TPSA) is 48.2 Å². The van der Waals surface area contributed by atoms with Gasteiger partial charge in [0.05, 0.1) is 24.7 Å². The summed E-state index contributed by atoms with van der Waals surface area (Å²) >= 11 is 0. The highest BCUT2D eigenvalue weighted by Gasteiger charge is 2.25. The van der Waals surface area contributed by atoms with Crippen LogP contribution in [0.2, 0.25) is 0 Å². The van der Waals surface area contributed by atoms with E-state index < -0.39 is 0 Å². The smallest absolute Gasteiger partial charge is 0.0918 e. The van der Waals surface area contributed by atoms with Crippen LogP contribution in [0.4, 0.5) is 0 Å². The molecule has 11 heavy (non-hydrogen) atoms. The molecule has 0 radical (unpaired) electrons. The summed E-state index contributed by atoms with van der Waals surface area (Å²) in [6.45, 7) is 6.42. The van der Waals surface area contributed by atoms with Crippen molar-refractivity contribution in [3.8, 4) is 0 Å². The van der Waals surface area contributed by atoms with Crippen LogP contribution in [0.5, 0.6) is 0 Å². The summed E-state index contributed by atoms with van der Waals surface area (Å²) < 4.78 is 0. The zero-order chi connectivity index (χ0) is 8.43. The van der Waals surface area contributed by atoms with E-state index >= 15 is 0 Å². The molecule has 0 spiro atoms. The van der Waals surface area contributed by atoms with Gasteiger partial charge in [-0.3, -0.25) is 5.01 Å². The van der Waals surface area contributed by atoms with Gasteiger partial charge in [-0.2, -0.15) is 5.11 Å². The molecule has 0 amide bonds. The zero-order valence-corrected chi connectivity index (χ0v) is 7.23. The molecule has 0 aliphatic carbocycles. The summed E-state index contributed by atoms with van der Waals surface area (Å²) in [7, 11) is 0. The quantitative estimate of drug-likeness (QED) is 0.645. The number of hydrogen-bond donors (Lipinski definition) is 1. The minimum atomic E-state index is -0.332. The first-order valence-corrected chi connectivity index (χ1v) is 3.96. The third-order valence-corrected chi connectivity index (χ3v) is 1.97. The molecular formula is C7H15N3O. The van der Waals surface area contributed by atoms with Crippen LogP contribution in [0.1, 0.15) is 20.8 Å².